The van der Waals surface area contributed by atoms with Crippen LogP contribution in [0.2, 0.25) is 0 Å². The van der Waals surface area contributed by atoms with Gasteiger partial charge in [-0.1, -0.05) is 12.1 Å². The van der Waals surface area contributed by atoms with E-state index in [1.807, 2.05) is 25.2 Å². The summed E-state index contributed by atoms with van der Waals surface area (Å²) in [5, 5.41) is 3.28. The van der Waals surface area contributed by atoms with Crippen molar-refractivity contribution in [2.24, 2.45) is 11.5 Å². The Morgan fingerprint density at radius 2 is 1.84 bits per heavy atom. The predicted molar refractivity (Wildman–Crippen MR) is 101 cm³/mol. The molecule has 0 atom stereocenters. The number of nitrogens with two attached hydrogens (primary N) is 2. The van der Waals surface area contributed by atoms with Gasteiger partial charge in [0, 0.05) is 13.6 Å². The Morgan fingerprint density at radius 3 is 2.60 bits per heavy atom. The summed E-state index contributed by atoms with van der Waals surface area (Å²) >= 11 is 0. The standard InChI is InChI=1S/C19H26N4O2/c1-22-16-9-14(3-2-8-20)4-6-17(16)23(12-21)11-15-5-7-18-19(10-15)25-13-24-18/h4-7,9-10,22H,2-3,8,11-13,20-21H2,1H3. The van der Waals surface area contributed by atoms with Crippen molar-refractivity contribution in [3.05, 3.63) is 47.5 Å². The fourth-order valence-electron chi connectivity index (χ4n) is 3.03. The van der Waals surface area contributed by atoms with Gasteiger partial charge in [-0.05, 0) is 54.8 Å². The van der Waals surface area contributed by atoms with Gasteiger partial charge in [-0.2, -0.15) is 0 Å². The summed E-state index contributed by atoms with van der Waals surface area (Å²) in [6, 6.07) is 12.4. The minimum Gasteiger partial charge on any atom is -0.454 e. The lowest BCUT2D eigenvalue weighted by Gasteiger charge is -2.26. The van der Waals surface area contributed by atoms with E-state index in [0.717, 1.165) is 41.3 Å². The van der Waals surface area contributed by atoms with Gasteiger partial charge in [0.2, 0.25) is 6.79 Å². The molecule has 6 heteroatoms. The maximum Gasteiger partial charge on any atom is 0.231 e. The summed E-state index contributed by atoms with van der Waals surface area (Å²) in [5.74, 6) is 1.59. The molecule has 0 radical (unpaired) electrons. The lowest BCUT2D eigenvalue weighted by molar-refractivity contribution is 0.174. The van der Waals surface area contributed by atoms with Crippen molar-refractivity contribution in [2.75, 3.05) is 37.3 Å². The van der Waals surface area contributed by atoms with Gasteiger partial charge in [0.1, 0.15) is 0 Å². The molecule has 0 fully saturated rings. The van der Waals surface area contributed by atoms with Gasteiger partial charge in [-0.25, -0.2) is 0 Å². The zero-order valence-corrected chi connectivity index (χ0v) is 14.6. The van der Waals surface area contributed by atoms with Crippen molar-refractivity contribution in [3.8, 4) is 11.5 Å². The van der Waals surface area contributed by atoms with E-state index >= 15 is 0 Å². The van der Waals surface area contributed by atoms with E-state index in [0.29, 0.717) is 19.8 Å². The number of anilines is 2. The maximum absolute atomic E-state index is 6.03. The molecule has 2 aromatic rings. The van der Waals surface area contributed by atoms with Crippen LogP contribution in [-0.2, 0) is 13.0 Å². The highest BCUT2D eigenvalue weighted by Gasteiger charge is 2.16. The lowest BCUT2D eigenvalue weighted by atomic mass is 10.1. The highest BCUT2D eigenvalue weighted by Crippen LogP contribution is 2.34. The number of benzene rings is 2. The number of aryl methyl sites for hydroxylation is 1. The number of nitrogens with one attached hydrogen (secondary N) is 1. The number of ether oxygens (including phenoxy) is 2. The summed E-state index contributed by atoms with van der Waals surface area (Å²) < 4.78 is 10.8. The maximum atomic E-state index is 6.03. The Bertz CT molecular complexity index is 721. The van der Waals surface area contributed by atoms with E-state index in [2.05, 4.69) is 28.4 Å². The monoisotopic (exact) mass is 342 g/mol. The molecule has 0 saturated carbocycles. The van der Waals surface area contributed by atoms with E-state index in [1.54, 1.807) is 0 Å². The third-order valence-corrected chi connectivity index (χ3v) is 4.37. The third kappa shape index (κ3) is 3.97. The van der Waals surface area contributed by atoms with Gasteiger partial charge in [-0.3, -0.25) is 0 Å². The molecular weight excluding hydrogens is 316 g/mol. The van der Waals surface area contributed by atoms with Crippen LogP contribution in [0.3, 0.4) is 0 Å². The first-order valence-corrected chi connectivity index (χ1v) is 8.59. The van der Waals surface area contributed by atoms with Crippen LogP contribution in [0.5, 0.6) is 11.5 Å². The largest absolute Gasteiger partial charge is 0.454 e. The van der Waals surface area contributed by atoms with E-state index in [-0.39, 0.29) is 6.79 Å². The van der Waals surface area contributed by atoms with Crippen LogP contribution in [0.25, 0.3) is 0 Å². The first kappa shape index (κ1) is 17.4. The summed E-state index contributed by atoms with van der Waals surface area (Å²) in [5.41, 5.74) is 16.2. The Kier molecular flexibility index (Phi) is 5.63. The molecule has 0 saturated heterocycles. The number of nitrogens with zero attached hydrogens (tertiary/aromatic N) is 1. The fraction of sp³-hybridized carbons (Fsp3) is 0.368. The van der Waals surface area contributed by atoms with Gasteiger partial charge in [0.05, 0.1) is 18.0 Å². The zero-order chi connectivity index (χ0) is 17.6. The molecule has 0 bridgehead atoms. The van der Waals surface area contributed by atoms with Crippen LogP contribution in [0.4, 0.5) is 11.4 Å². The normalized spacial score (nSPS) is 12.3. The van der Waals surface area contributed by atoms with Crippen LogP contribution >= 0.6 is 0 Å². The quantitative estimate of drug-likeness (QED) is 0.638. The van der Waals surface area contributed by atoms with Gasteiger partial charge >= 0.3 is 0 Å². The molecule has 0 unspecified atom stereocenters. The van der Waals surface area contributed by atoms with Crippen molar-refractivity contribution >= 4 is 11.4 Å². The summed E-state index contributed by atoms with van der Waals surface area (Å²) in [4.78, 5) is 2.14. The number of rotatable bonds is 8. The Balaban J connectivity index is 1.80. The Labute approximate surface area is 148 Å². The topological polar surface area (TPSA) is 85.8 Å². The molecule has 6 nitrogen and oxygen atoms in total. The van der Waals surface area contributed by atoms with Crippen molar-refractivity contribution < 1.29 is 9.47 Å². The average molecular weight is 342 g/mol. The highest BCUT2D eigenvalue weighted by atomic mass is 16.7. The van der Waals surface area contributed by atoms with Crippen molar-refractivity contribution in [1.29, 1.82) is 0 Å². The van der Waals surface area contributed by atoms with E-state index in [4.69, 9.17) is 20.9 Å². The zero-order valence-electron chi connectivity index (χ0n) is 14.6. The molecular formula is C19H26N4O2. The van der Waals surface area contributed by atoms with Crippen LogP contribution in [-0.4, -0.2) is 27.1 Å². The van der Waals surface area contributed by atoms with Crippen LogP contribution in [0.15, 0.2) is 36.4 Å². The first-order chi connectivity index (χ1) is 12.2. The molecule has 25 heavy (non-hydrogen) atoms. The summed E-state index contributed by atoms with van der Waals surface area (Å²) in [7, 11) is 1.93. The molecule has 0 aliphatic carbocycles. The molecule has 2 aromatic carbocycles. The number of hydrogen-bond donors (Lipinski definition) is 3. The predicted octanol–water partition coefficient (Wildman–Crippen LogP) is 2.27. The molecule has 3 rings (SSSR count). The SMILES string of the molecule is CNc1cc(CCCN)ccc1N(CN)Cc1ccc2c(c1)OCO2. The van der Waals surface area contributed by atoms with Gasteiger partial charge < -0.3 is 31.2 Å². The van der Waals surface area contributed by atoms with Crippen molar-refractivity contribution in [1.82, 2.24) is 0 Å². The highest BCUT2D eigenvalue weighted by molar-refractivity contribution is 5.71. The van der Waals surface area contributed by atoms with E-state index < -0.39 is 0 Å². The van der Waals surface area contributed by atoms with E-state index in [9.17, 15) is 0 Å². The van der Waals surface area contributed by atoms with E-state index in [1.165, 1.54) is 5.56 Å². The van der Waals surface area contributed by atoms with Crippen LogP contribution < -0.4 is 31.2 Å². The second kappa shape index (κ2) is 8.09. The minimum absolute atomic E-state index is 0.285. The summed E-state index contributed by atoms with van der Waals surface area (Å²) in [6.45, 7) is 2.11. The minimum atomic E-state index is 0.285. The lowest BCUT2D eigenvalue weighted by Crippen LogP contribution is -2.30. The Hall–Kier alpha value is -2.44. The van der Waals surface area contributed by atoms with Gasteiger partial charge in [0.15, 0.2) is 11.5 Å². The first-order valence-electron chi connectivity index (χ1n) is 8.59. The Morgan fingerprint density at radius 1 is 1.04 bits per heavy atom. The van der Waals surface area contributed by atoms with Crippen LogP contribution in [0.1, 0.15) is 17.5 Å². The molecule has 134 valence electrons. The number of hydrogen-bond acceptors (Lipinski definition) is 6. The molecule has 1 aliphatic heterocycles. The fourth-order valence-corrected chi connectivity index (χ4v) is 3.03. The van der Waals surface area contributed by atoms with Crippen molar-refractivity contribution in [3.63, 3.8) is 0 Å². The van der Waals surface area contributed by atoms with Crippen molar-refractivity contribution in [2.45, 2.75) is 19.4 Å². The molecule has 1 heterocycles. The number of fused-ring (bicyclic) bond motifs is 1. The average Bonchev–Trinajstić information content (AvgIpc) is 3.12. The molecule has 1 aliphatic rings. The molecule has 0 amide bonds. The van der Waals surface area contributed by atoms with Gasteiger partial charge in [-0.15, -0.1) is 0 Å². The smallest absolute Gasteiger partial charge is 0.231 e. The second-order valence-corrected chi connectivity index (χ2v) is 6.06. The molecule has 0 spiro atoms. The van der Waals surface area contributed by atoms with Crippen LogP contribution in [0, 0.1) is 0 Å². The third-order valence-electron chi connectivity index (χ3n) is 4.37. The second-order valence-electron chi connectivity index (χ2n) is 6.06. The van der Waals surface area contributed by atoms with Gasteiger partial charge in [0.25, 0.3) is 0 Å². The summed E-state index contributed by atoms with van der Waals surface area (Å²) in [6.07, 6.45) is 1.97. The molecule has 0 aromatic heterocycles. The molecule has 5 N–H and O–H groups in total.